The van der Waals surface area contributed by atoms with Crippen LogP contribution in [0.4, 0.5) is 0 Å². The predicted molar refractivity (Wildman–Crippen MR) is 72.7 cm³/mol. The fourth-order valence-corrected chi connectivity index (χ4v) is 2.85. The molecule has 104 valence electrons. The van der Waals surface area contributed by atoms with Crippen molar-refractivity contribution in [3.8, 4) is 0 Å². The molecule has 1 aliphatic carbocycles. The van der Waals surface area contributed by atoms with Gasteiger partial charge in [0, 0.05) is 18.2 Å². The third-order valence-corrected chi connectivity index (χ3v) is 4.12. The Morgan fingerprint density at radius 3 is 2.42 bits per heavy atom. The van der Waals surface area contributed by atoms with E-state index in [4.69, 9.17) is 10.5 Å². The number of carbonyl (C=O) groups excluding carboxylic acids is 1. The largest absolute Gasteiger partial charge is 0.388 e. The Morgan fingerprint density at radius 2 is 1.95 bits per heavy atom. The fourth-order valence-electron chi connectivity index (χ4n) is 2.85. The Bertz CT molecular complexity index is 426. The summed E-state index contributed by atoms with van der Waals surface area (Å²) in [5.41, 5.74) is 6.34. The number of carbonyl (C=O) groups is 1. The summed E-state index contributed by atoms with van der Waals surface area (Å²) in [6.07, 6.45) is 4.27. The van der Waals surface area contributed by atoms with Gasteiger partial charge in [-0.1, -0.05) is 37.1 Å². The molecule has 4 nitrogen and oxygen atoms in total. The standard InChI is InChI=1S/C15H21NO3/c1-19-15(16,14(18)12-4-2-3-5-12)13-8-6-11(10-17)7-9-13/h6-10,12,14,18H,2-5,16H2,1H3/t14-,15-/m0/s1. The first-order valence-corrected chi connectivity index (χ1v) is 6.69. The Morgan fingerprint density at radius 1 is 1.37 bits per heavy atom. The molecule has 0 saturated heterocycles. The average Bonchev–Trinajstić information content (AvgIpc) is 3.00. The van der Waals surface area contributed by atoms with Crippen molar-refractivity contribution in [3.05, 3.63) is 35.4 Å². The normalized spacial score (nSPS) is 21.0. The summed E-state index contributed by atoms with van der Waals surface area (Å²) in [7, 11) is 1.51. The first kappa shape index (κ1) is 14.2. The van der Waals surface area contributed by atoms with Crippen molar-refractivity contribution in [2.45, 2.75) is 37.5 Å². The summed E-state index contributed by atoms with van der Waals surface area (Å²) in [5.74, 6) is 0.177. The second kappa shape index (κ2) is 5.82. The van der Waals surface area contributed by atoms with E-state index >= 15 is 0 Å². The van der Waals surface area contributed by atoms with E-state index in [1.54, 1.807) is 24.3 Å². The highest BCUT2D eigenvalue weighted by Gasteiger charge is 2.41. The Balaban J connectivity index is 2.26. The maximum absolute atomic E-state index is 10.7. The van der Waals surface area contributed by atoms with Crippen molar-refractivity contribution in [1.29, 1.82) is 0 Å². The van der Waals surface area contributed by atoms with E-state index in [0.717, 1.165) is 32.0 Å². The molecule has 0 bridgehead atoms. The lowest BCUT2D eigenvalue weighted by atomic mass is 9.87. The minimum Gasteiger partial charge on any atom is -0.388 e. The minimum atomic E-state index is -1.21. The van der Waals surface area contributed by atoms with Crippen LogP contribution < -0.4 is 5.73 Å². The van der Waals surface area contributed by atoms with Crippen LogP contribution in [0.2, 0.25) is 0 Å². The molecule has 0 aromatic heterocycles. The SMILES string of the molecule is CO[C@@](N)(c1ccc(C=O)cc1)[C@@H](O)C1CCCC1. The zero-order valence-electron chi connectivity index (χ0n) is 11.2. The Hall–Kier alpha value is -1.23. The van der Waals surface area contributed by atoms with E-state index in [1.807, 2.05) is 0 Å². The number of hydrogen-bond acceptors (Lipinski definition) is 4. The number of methoxy groups -OCH3 is 1. The van der Waals surface area contributed by atoms with Crippen LogP contribution in [0.3, 0.4) is 0 Å². The molecule has 1 aliphatic rings. The first-order valence-electron chi connectivity index (χ1n) is 6.69. The molecule has 1 saturated carbocycles. The van der Waals surface area contributed by atoms with Crippen LogP contribution in [0.25, 0.3) is 0 Å². The molecule has 0 radical (unpaired) electrons. The zero-order chi connectivity index (χ0) is 13.9. The lowest BCUT2D eigenvalue weighted by Gasteiger charge is -2.36. The highest BCUT2D eigenvalue weighted by atomic mass is 16.5. The van der Waals surface area contributed by atoms with E-state index in [2.05, 4.69) is 0 Å². The van der Waals surface area contributed by atoms with E-state index in [9.17, 15) is 9.90 Å². The number of hydrogen-bond donors (Lipinski definition) is 2. The van der Waals surface area contributed by atoms with Crippen molar-refractivity contribution in [2.24, 2.45) is 11.7 Å². The number of benzene rings is 1. The number of aliphatic hydroxyl groups excluding tert-OH is 1. The van der Waals surface area contributed by atoms with Gasteiger partial charge in [-0.2, -0.15) is 0 Å². The van der Waals surface area contributed by atoms with Crippen LogP contribution in [-0.4, -0.2) is 24.6 Å². The van der Waals surface area contributed by atoms with Crippen LogP contribution >= 0.6 is 0 Å². The van der Waals surface area contributed by atoms with Gasteiger partial charge >= 0.3 is 0 Å². The van der Waals surface area contributed by atoms with Crippen LogP contribution in [0.1, 0.15) is 41.6 Å². The summed E-state index contributed by atoms with van der Waals surface area (Å²) < 4.78 is 5.41. The summed E-state index contributed by atoms with van der Waals surface area (Å²) in [4.78, 5) is 10.7. The topological polar surface area (TPSA) is 72.5 Å². The maximum Gasteiger partial charge on any atom is 0.168 e. The van der Waals surface area contributed by atoms with Gasteiger partial charge in [-0.3, -0.25) is 10.5 Å². The molecule has 2 atom stereocenters. The molecular weight excluding hydrogens is 242 g/mol. The molecule has 1 aromatic rings. The van der Waals surface area contributed by atoms with Crippen LogP contribution in [-0.2, 0) is 10.5 Å². The summed E-state index contributed by atoms with van der Waals surface area (Å²) in [5, 5.41) is 10.5. The molecule has 0 aliphatic heterocycles. The fraction of sp³-hybridized carbons (Fsp3) is 0.533. The average molecular weight is 263 g/mol. The van der Waals surface area contributed by atoms with Gasteiger partial charge in [-0.25, -0.2) is 0 Å². The van der Waals surface area contributed by atoms with Crippen molar-refractivity contribution in [3.63, 3.8) is 0 Å². The molecule has 1 fully saturated rings. The number of aliphatic hydroxyl groups is 1. The van der Waals surface area contributed by atoms with Gasteiger partial charge in [-0.05, 0) is 18.8 Å². The van der Waals surface area contributed by atoms with Crippen molar-refractivity contribution in [1.82, 2.24) is 0 Å². The molecule has 1 aromatic carbocycles. The van der Waals surface area contributed by atoms with Crippen LogP contribution in [0.15, 0.2) is 24.3 Å². The molecule has 2 rings (SSSR count). The van der Waals surface area contributed by atoms with E-state index in [1.165, 1.54) is 7.11 Å². The third-order valence-electron chi connectivity index (χ3n) is 4.12. The Kier molecular flexibility index (Phi) is 4.34. The minimum absolute atomic E-state index is 0.177. The Labute approximate surface area is 113 Å². The number of nitrogens with two attached hydrogens (primary N) is 1. The highest BCUT2D eigenvalue weighted by molar-refractivity contribution is 5.74. The molecule has 4 heteroatoms. The smallest absolute Gasteiger partial charge is 0.168 e. The maximum atomic E-state index is 10.7. The molecule has 3 N–H and O–H groups in total. The van der Waals surface area contributed by atoms with Crippen molar-refractivity contribution in [2.75, 3.05) is 7.11 Å². The first-order chi connectivity index (χ1) is 9.11. The van der Waals surface area contributed by atoms with Gasteiger partial charge in [0.05, 0.1) is 0 Å². The molecule has 19 heavy (non-hydrogen) atoms. The highest BCUT2D eigenvalue weighted by Crippen LogP contribution is 2.36. The van der Waals surface area contributed by atoms with Crippen LogP contribution in [0, 0.1) is 5.92 Å². The van der Waals surface area contributed by atoms with E-state index in [-0.39, 0.29) is 5.92 Å². The number of rotatable bonds is 5. The summed E-state index contributed by atoms with van der Waals surface area (Å²) in [6.45, 7) is 0. The zero-order valence-corrected chi connectivity index (χ0v) is 11.2. The molecule has 0 amide bonds. The molecule has 0 heterocycles. The quantitative estimate of drug-likeness (QED) is 0.627. The van der Waals surface area contributed by atoms with Gasteiger partial charge in [0.1, 0.15) is 12.4 Å². The van der Waals surface area contributed by atoms with Gasteiger partial charge in [-0.15, -0.1) is 0 Å². The van der Waals surface area contributed by atoms with E-state index < -0.39 is 11.8 Å². The van der Waals surface area contributed by atoms with Crippen molar-refractivity contribution >= 4 is 6.29 Å². The van der Waals surface area contributed by atoms with Crippen molar-refractivity contribution < 1.29 is 14.6 Å². The predicted octanol–water partition coefficient (Wildman–Crippen LogP) is 1.81. The molecular formula is C15H21NO3. The van der Waals surface area contributed by atoms with Gasteiger partial charge in [0.15, 0.2) is 5.72 Å². The number of ether oxygens (including phenoxy) is 1. The number of aldehydes is 1. The van der Waals surface area contributed by atoms with Crippen LogP contribution in [0.5, 0.6) is 0 Å². The van der Waals surface area contributed by atoms with Gasteiger partial charge < -0.3 is 9.84 Å². The summed E-state index contributed by atoms with van der Waals surface area (Å²) in [6, 6.07) is 6.85. The van der Waals surface area contributed by atoms with E-state index in [0.29, 0.717) is 11.1 Å². The summed E-state index contributed by atoms with van der Waals surface area (Å²) >= 11 is 0. The molecule has 0 unspecified atom stereocenters. The second-order valence-corrected chi connectivity index (χ2v) is 5.23. The lowest BCUT2D eigenvalue weighted by molar-refractivity contribution is -0.126. The lowest BCUT2D eigenvalue weighted by Crippen LogP contribution is -2.52. The second-order valence-electron chi connectivity index (χ2n) is 5.23. The molecule has 0 spiro atoms. The van der Waals surface area contributed by atoms with Gasteiger partial charge in [0.2, 0.25) is 0 Å². The van der Waals surface area contributed by atoms with Gasteiger partial charge in [0.25, 0.3) is 0 Å². The third kappa shape index (κ3) is 2.71. The monoisotopic (exact) mass is 263 g/mol.